The molecular weight excluding hydrogens is 320 g/mol. The molecule has 2 N–H and O–H groups in total. The Morgan fingerprint density at radius 1 is 1.44 bits per heavy atom. The lowest BCUT2D eigenvalue weighted by Gasteiger charge is -2.22. The second-order valence-corrected chi connectivity index (χ2v) is 6.89. The van der Waals surface area contributed by atoms with Crippen LogP contribution >= 0.6 is 0 Å². The molecule has 1 saturated heterocycles. The third-order valence-corrected chi connectivity index (χ3v) is 4.86. The number of benzene rings is 1. The van der Waals surface area contributed by atoms with E-state index in [2.05, 4.69) is 11.9 Å². The average molecular weight is 344 g/mol. The Morgan fingerprint density at radius 2 is 2.16 bits per heavy atom. The fourth-order valence-corrected chi connectivity index (χ4v) is 3.24. The van der Waals surface area contributed by atoms with Crippen LogP contribution in [0, 0.1) is 5.92 Å². The molecule has 0 bridgehead atoms. The number of nitrogens with zero attached hydrogens (tertiary/aromatic N) is 1. The smallest absolute Gasteiger partial charge is 0.325 e. The molecule has 1 saturated carbocycles. The summed E-state index contributed by atoms with van der Waals surface area (Å²) < 4.78 is 5.68. The Balaban J connectivity index is 1.58. The lowest BCUT2D eigenvalue weighted by molar-refractivity contribution is -0.132. The number of carbonyl (C=O) groups is 2. The third-order valence-electron chi connectivity index (χ3n) is 4.86. The van der Waals surface area contributed by atoms with E-state index in [1.807, 2.05) is 24.3 Å². The molecule has 0 spiro atoms. The van der Waals surface area contributed by atoms with Crippen LogP contribution in [0.2, 0.25) is 0 Å². The van der Waals surface area contributed by atoms with Crippen molar-refractivity contribution >= 4 is 11.9 Å². The third kappa shape index (κ3) is 3.54. The van der Waals surface area contributed by atoms with Gasteiger partial charge in [0, 0.05) is 0 Å². The monoisotopic (exact) mass is 344 g/mol. The van der Waals surface area contributed by atoms with Gasteiger partial charge in [0.15, 0.2) is 0 Å². The van der Waals surface area contributed by atoms with Crippen LogP contribution in [0.4, 0.5) is 4.79 Å². The highest BCUT2D eigenvalue weighted by Crippen LogP contribution is 2.42. The molecule has 2 fully saturated rings. The minimum atomic E-state index is -0.951. The first-order valence-electron chi connectivity index (χ1n) is 8.59. The number of para-hydroxylation sites is 1. The predicted octanol–water partition coefficient (Wildman–Crippen LogP) is 1.88. The number of hydrogen-bond acceptors (Lipinski definition) is 4. The molecule has 1 aliphatic heterocycles. The van der Waals surface area contributed by atoms with Gasteiger partial charge >= 0.3 is 6.03 Å². The van der Waals surface area contributed by atoms with Crippen molar-refractivity contribution in [3.8, 4) is 5.75 Å². The number of β-amino-alcohol motifs (C(OH)–C–C–N with tert-alkyl or cyclic N) is 1. The number of aliphatic hydroxyl groups excluding tert-OH is 1. The standard InChI is InChI=1S/C19H24N2O4/c1-3-6-13-7-4-5-8-16(13)25-12-15(22)11-21-17(23)19(2,14-9-10-14)20-18(21)24/h3-5,7-8,14-15,22H,1,6,9-12H2,2H3,(H,20,24)/t15-,19-/m1/s1. The molecule has 2 aliphatic rings. The Morgan fingerprint density at radius 3 is 2.84 bits per heavy atom. The Hall–Kier alpha value is -2.34. The fourth-order valence-electron chi connectivity index (χ4n) is 3.24. The van der Waals surface area contributed by atoms with E-state index in [0.29, 0.717) is 12.2 Å². The van der Waals surface area contributed by atoms with Crippen molar-refractivity contribution in [3.63, 3.8) is 0 Å². The van der Waals surface area contributed by atoms with Gasteiger partial charge in [-0.05, 0) is 43.7 Å². The first-order chi connectivity index (χ1) is 12.0. The van der Waals surface area contributed by atoms with Crippen LogP contribution in [0.25, 0.3) is 0 Å². The van der Waals surface area contributed by atoms with Crippen LogP contribution in [0.3, 0.4) is 0 Å². The highest BCUT2D eigenvalue weighted by Gasteiger charge is 2.56. The summed E-state index contributed by atoms with van der Waals surface area (Å²) in [4.78, 5) is 25.8. The van der Waals surface area contributed by atoms with Crippen LogP contribution in [-0.4, -0.2) is 46.7 Å². The van der Waals surface area contributed by atoms with Gasteiger partial charge in [-0.2, -0.15) is 0 Å². The number of carbonyl (C=O) groups excluding carboxylic acids is 2. The van der Waals surface area contributed by atoms with E-state index in [4.69, 9.17) is 4.74 Å². The van der Waals surface area contributed by atoms with E-state index in [1.54, 1.807) is 13.0 Å². The topological polar surface area (TPSA) is 78.9 Å². The van der Waals surface area contributed by atoms with E-state index in [0.717, 1.165) is 23.3 Å². The molecule has 3 rings (SSSR count). The summed E-state index contributed by atoms with van der Waals surface area (Å²) in [5, 5.41) is 13.0. The number of aliphatic hydroxyl groups is 1. The van der Waals surface area contributed by atoms with Crippen molar-refractivity contribution in [3.05, 3.63) is 42.5 Å². The van der Waals surface area contributed by atoms with Crippen LogP contribution in [-0.2, 0) is 11.2 Å². The Kier molecular flexibility index (Phi) is 4.81. The van der Waals surface area contributed by atoms with Gasteiger partial charge in [0.05, 0.1) is 6.54 Å². The Bertz CT molecular complexity index is 686. The van der Waals surface area contributed by atoms with Crippen molar-refractivity contribution < 1.29 is 19.4 Å². The van der Waals surface area contributed by atoms with Gasteiger partial charge in [-0.15, -0.1) is 6.58 Å². The quantitative estimate of drug-likeness (QED) is 0.557. The van der Waals surface area contributed by atoms with Gasteiger partial charge in [0.25, 0.3) is 5.91 Å². The molecule has 1 aromatic carbocycles. The second kappa shape index (κ2) is 6.88. The highest BCUT2D eigenvalue weighted by molar-refractivity contribution is 6.07. The summed E-state index contributed by atoms with van der Waals surface area (Å²) in [5.41, 5.74) is 0.148. The molecule has 0 aromatic heterocycles. The number of amides is 3. The molecule has 0 unspecified atom stereocenters. The van der Waals surface area contributed by atoms with Crippen molar-refractivity contribution in [1.82, 2.24) is 10.2 Å². The van der Waals surface area contributed by atoms with Crippen molar-refractivity contribution in [2.45, 2.75) is 37.8 Å². The van der Waals surface area contributed by atoms with Gasteiger partial charge in [-0.3, -0.25) is 9.69 Å². The van der Waals surface area contributed by atoms with Crippen LogP contribution in [0.1, 0.15) is 25.3 Å². The van der Waals surface area contributed by atoms with Gasteiger partial charge < -0.3 is 15.2 Å². The maximum absolute atomic E-state index is 12.5. The minimum absolute atomic E-state index is 0.00532. The largest absolute Gasteiger partial charge is 0.491 e. The van der Waals surface area contributed by atoms with Crippen LogP contribution in [0.5, 0.6) is 5.75 Å². The summed E-state index contributed by atoms with van der Waals surface area (Å²) in [7, 11) is 0. The zero-order valence-electron chi connectivity index (χ0n) is 14.4. The predicted molar refractivity (Wildman–Crippen MR) is 93.2 cm³/mol. The molecule has 0 radical (unpaired) electrons. The SMILES string of the molecule is C=CCc1ccccc1OC[C@H](O)CN1C(=O)N[C@](C)(C2CC2)C1=O. The fraction of sp³-hybridized carbons (Fsp3) is 0.474. The Labute approximate surface area is 147 Å². The zero-order valence-corrected chi connectivity index (χ0v) is 14.4. The van der Waals surface area contributed by atoms with E-state index < -0.39 is 17.7 Å². The summed E-state index contributed by atoms with van der Waals surface area (Å²) in [6, 6.07) is 7.08. The van der Waals surface area contributed by atoms with Crippen molar-refractivity contribution in [1.29, 1.82) is 0 Å². The number of rotatable bonds is 8. The summed E-state index contributed by atoms with van der Waals surface area (Å²) in [6.45, 7) is 5.41. The van der Waals surface area contributed by atoms with Gasteiger partial charge in [-0.25, -0.2) is 4.79 Å². The maximum Gasteiger partial charge on any atom is 0.325 e. The molecule has 25 heavy (non-hydrogen) atoms. The number of urea groups is 1. The summed E-state index contributed by atoms with van der Waals surface area (Å²) in [5.74, 6) is 0.612. The van der Waals surface area contributed by atoms with E-state index in [1.165, 1.54) is 0 Å². The first-order valence-corrected chi connectivity index (χ1v) is 8.59. The van der Waals surface area contributed by atoms with Crippen molar-refractivity contribution in [2.75, 3.05) is 13.2 Å². The van der Waals surface area contributed by atoms with E-state index >= 15 is 0 Å². The molecule has 2 atom stereocenters. The van der Waals surface area contributed by atoms with Gasteiger partial charge in [0.1, 0.15) is 24.0 Å². The van der Waals surface area contributed by atoms with Gasteiger partial charge in [0.2, 0.25) is 0 Å². The van der Waals surface area contributed by atoms with Crippen LogP contribution < -0.4 is 10.1 Å². The van der Waals surface area contributed by atoms with Gasteiger partial charge in [-0.1, -0.05) is 24.3 Å². The number of allylic oxidation sites excluding steroid dienone is 1. The molecule has 1 aromatic rings. The maximum atomic E-state index is 12.5. The first kappa shape index (κ1) is 17.5. The zero-order chi connectivity index (χ0) is 18.0. The normalized spacial score (nSPS) is 24.2. The molecular formula is C19H24N2O4. The average Bonchev–Trinajstić information content (AvgIpc) is 3.41. The highest BCUT2D eigenvalue weighted by atomic mass is 16.5. The minimum Gasteiger partial charge on any atom is -0.491 e. The molecule has 6 nitrogen and oxygen atoms in total. The number of nitrogens with one attached hydrogen (secondary N) is 1. The molecule has 1 aliphatic carbocycles. The molecule has 1 heterocycles. The van der Waals surface area contributed by atoms with Crippen molar-refractivity contribution in [2.24, 2.45) is 5.92 Å². The van der Waals surface area contributed by atoms with E-state index in [9.17, 15) is 14.7 Å². The van der Waals surface area contributed by atoms with E-state index in [-0.39, 0.29) is 25.0 Å². The molecule has 6 heteroatoms. The lowest BCUT2D eigenvalue weighted by Crippen LogP contribution is -2.46. The second-order valence-electron chi connectivity index (χ2n) is 6.89. The number of hydrogen-bond donors (Lipinski definition) is 2. The molecule has 3 amide bonds. The number of ether oxygens (including phenoxy) is 1. The molecule has 134 valence electrons. The summed E-state index contributed by atoms with van der Waals surface area (Å²) >= 11 is 0. The van der Waals surface area contributed by atoms with Crippen LogP contribution in [0.15, 0.2) is 36.9 Å². The summed E-state index contributed by atoms with van der Waals surface area (Å²) in [6.07, 6.45) is 3.39. The lowest BCUT2D eigenvalue weighted by atomic mass is 9.96. The number of imide groups is 1.